The van der Waals surface area contributed by atoms with Crippen molar-refractivity contribution >= 4 is 34.7 Å². The largest absolute Gasteiger partial charge is 0.145 e. The zero-order valence-electron chi connectivity index (χ0n) is 21.5. The summed E-state index contributed by atoms with van der Waals surface area (Å²) in [5, 5.41) is 0.773. The molecule has 4 aliphatic rings. The second-order valence-electron chi connectivity index (χ2n) is 10.8. The molecule has 8 rings (SSSR count). The van der Waals surface area contributed by atoms with E-state index < -0.39 is 0 Å². The monoisotopic (exact) mass is 536 g/mol. The van der Waals surface area contributed by atoms with Crippen LogP contribution in [0, 0.1) is 11.8 Å². The van der Waals surface area contributed by atoms with E-state index in [-0.39, 0.29) is 5.41 Å². The standard InChI is InChI=1S/C37H28S2/c1-3-11-25(12-4-1)27-20-22-35-32(23-27)37(29-15-7-9-17-33(29)38-34-18-10-8-16-30(34)37)31-21-19-28(24-36(31)39-35)26-13-5-2-6-14-26/h1-24,31-32,35-36H. The highest BCUT2D eigenvalue weighted by atomic mass is 32.2. The second-order valence-corrected chi connectivity index (χ2v) is 13.2. The van der Waals surface area contributed by atoms with E-state index in [9.17, 15) is 0 Å². The van der Waals surface area contributed by atoms with Gasteiger partial charge in [0.2, 0.25) is 0 Å². The Bertz CT molecular complexity index is 1630. The predicted octanol–water partition coefficient (Wildman–Crippen LogP) is 9.46. The van der Waals surface area contributed by atoms with Gasteiger partial charge in [-0.2, -0.15) is 0 Å². The van der Waals surface area contributed by atoms with Crippen LogP contribution in [0.5, 0.6) is 0 Å². The molecule has 1 spiro atoms. The maximum absolute atomic E-state index is 2.61. The Morgan fingerprint density at radius 3 is 1.67 bits per heavy atom. The Morgan fingerprint density at radius 1 is 0.487 bits per heavy atom. The van der Waals surface area contributed by atoms with E-state index in [4.69, 9.17) is 0 Å². The number of hydrogen-bond acceptors (Lipinski definition) is 2. The molecule has 0 N–H and O–H groups in total. The highest BCUT2D eigenvalue weighted by molar-refractivity contribution is 8.01. The molecule has 1 fully saturated rings. The average molecular weight is 537 g/mol. The van der Waals surface area contributed by atoms with Crippen LogP contribution in [0.1, 0.15) is 22.3 Å². The second kappa shape index (κ2) is 9.33. The van der Waals surface area contributed by atoms with E-state index in [0.29, 0.717) is 22.3 Å². The number of benzene rings is 4. The molecule has 39 heavy (non-hydrogen) atoms. The van der Waals surface area contributed by atoms with Crippen molar-refractivity contribution in [2.45, 2.75) is 25.7 Å². The molecular formula is C37H28S2. The van der Waals surface area contributed by atoms with Crippen LogP contribution in [0.2, 0.25) is 0 Å². The van der Waals surface area contributed by atoms with Crippen molar-refractivity contribution in [2.75, 3.05) is 0 Å². The summed E-state index contributed by atoms with van der Waals surface area (Å²) in [5.41, 5.74) is 8.09. The molecule has 4 atom stereocenters. The predicted molar refractivity (Wildman–Crippen MR) is 167 cm³/mol. The van der Waals surface area contributed by atoms with Crippen LogP contribution in [0.3, 0.4) is 0 Å². The normalized spacial score (nSPS) is 25.5. The Labute approximate surface area is 239 Å². The Kier molecular flexibility index (Phi) is 5.60. The summed E-state index contributed by atoms with van der Waals surface area (Å²) in [6.07, 6.45) is 15.0. The molecule has 4 unspecified atom stereocenters. The first kappa shape index (κ1) is 23.4. The zero-order valence-corrected chi connectivity index (χ0v) is 23.1. The van der Waals surface area contributed by atoms with Gasteiger partial charge in [0, 0.05) is 37.5 Å². The molecule has 188 valence electrons. The molecule has 0 radical (unpaired) electrons. The molecule has 0 aromatic heterocycles. The van der Waals surface area contributed by atoms with E-state index in [0.717, 1.165) is 0 Å². The lowest BCUT2D eigenvalue weighted by molar-refractivity contribution is 0.274. The molecule has 0 saturated carbocycles. The van der Waals surface area contributed by atoms with Gasteiger partial charge < -0.3 is 0 Å². The summed E-state index contributed by atoms with van der Waals surface area (Å²) in [6, 6.07) is 40.2. The molecule has 1 saturated heterocycles. The molecule has 2 aliphatic carbocycles. The van der Waals surface area contributed by atoms with Crippen LogP contribution in [-0.2, 0) is 5.41 Å². The van der Waals surface area contributed by atoms with E-state index >= 15 is 0 Å². The molecule has 0 bridgehead atoms. The number of rotatable bonds is 2. The van der Waals surface area contributed by atoms with Gasteiger partial charge in [0.25, 0.3) is 0 Å². The average Bonchev–Trinajstić information content (AvgIpc) is 3.01. The van der Waals surface area contributed by atoms with Gasteiger partial charge in [-0.1, -0.05) is 145 Å². The topological polar surface area (TPSA) is 0 Å². The van der Waals surface area contributed by atoms with Crippen molar-refractivity contribution in [3.05, 3.63) is 168 Å². The third-order valence-corrected chi connectivity index (χ3v) is 11.5. The Balaban J connectivity index is 1.38. The van der Waals surface area contributed by atoms with Crippen molar-refractivity contribution in [1.82, 2.24) is 0 Å². The zero-order chi connectivity index (χ0) is 25.8. The van der Waals surface area contributed by atoms with Crippen LogP contribution in [-0.4, -0.2) is 10.5 Å². The highest BCUT2D eigenvalue weighted by Gasteiger charge is 2.58. The summed E-state index contributed by atoms with van der Waals surface area (Å²) < 4.78 is 0. The molecular weight excluding hydrogens is 509 g/mol. The lowest BCUT2D eigenvalue weighted by atomic mass is 9.54. The molecule has 4 aromatic carbocycles. The molecule has 2 aliphatic heterocycles. The minimum absolute atomic E-state index is 0.154. The van der Waals surface area contributed by atoms with E-state index in [2.05, 4.69) is 157 Å². The maximum Gasteiger partial charge on any atom is 0.0378 e. The van der Waals surface area contributed by atoms with Crippen LogP contribution < -0.4 is 0 Å². The smallest absolute Gasteiger partial charge is 0.0378 e. The van der Waals surface area contributed by atoms with Gasteiger partial charge in [-0.25, -0.2) is 0 Å². The lowest BCUT2D eigenvalue weighted by Gasteiger charge is -2.57. The first-order valence-electron chi connectivity index (χ1n) is 13.8. The third-order valence-electron chi connectivity index (χ3n) is 8.82. The van der Waals surface area contributed by atoms with Gasteiger partial charge >= 0.3 is 0 Å². The number of thioether (sulfide) groups is 1. The lowest BCUT2D eigenvalue weighted by Crippen LogP contribution is -2.55. The molecule has 4 aromatic rings. The summed E-state index contributed by atoms with van der Waals surface area (Å²) in [4.78, 5) is 2.80. The summed E-state index contributed by atoms with van der Waals surface area (Å²) in [7, 11) is 0. The Morgan fingerprint density at radius 2 is 1.03 bits per heavy atom. The highest BCUT2D eigenvalue weighted by Crippen LogP contribution is 2.65. The molecule has 0 amide bonds. The first-order chi connectivity index (χ1) is 19.3. The summed E-state index contributed by atoms with van der Waals surface area (Å²) in [5.74, 6) is 0.683. The maximum atomic E-state index is 2.61. The van der Waals surface area contributed by atoms with E-state index in [1.165, 1.54) is 43.2 Å². The van der Waals surface area contributed by atoms with Crippen molar-refractivity contribution in [1.29, 1.82) is 0 Å². The van der Waals surface area contributed by atoms with Gasteiger partial charge in [-0.3, -0.25) is 0 Å². The van der Waals surface area contributed by atoms with Crippen LogP contribution >= 0.6 is 23.5 Å². The van der Waals surface area contributed by atoms with Crippen LogP contribution in [0.15, 0.2) is 155 Å². The van der Waals surface area contributed by atoms with Gasteiger partial charge in [-0.15, -0.1) is 11.8 Å². The molecule has 2 heterocycles. The van der Waals surface area contributed by atoms with Gasteiger partial charge in [-0.05, 0) is 45.5 Å². The van der Waals surface area contributed by atoms with Crippen molar-refractivity contribution in [2.24, 2.45) is 11.8 Å². The summed E-state index contributed by atoms with van der Waals surface area (Å²) >= 11 is 4.08. The fraction of sp³-hybridized carbons (Fsp3) is 0.135. The fourth-order valence-corrected chi connectivity index (χ4v) is 10.1. The van der Waals surface area contributed by atoms with E-state index in [1.807, 2.05) is 11.8 Å². The van der Waals surface area contributed by atoms with Gasteiger partial charge in [0.05, 0.1) is 0 Å². The third kappa shape index (κ3) is 3.62. The molecule has 2 heteroatoms. The Hall–Kier alpha value is -3.46. The number of allylic oxidation sites excluding steroid dienone is 6. The van der Waals surface area contributed by atoms with Crippen molar-refractivity contribution in [3.8, 4) is 0 Å². The van der Waals surface area contributed by atoms with Crippen LogP contribution in [0.25, 0.3) is 11.1 Å². The first-order valence-corrected chi connectivity index (χ1v) is 15.5. The summed E-state index contributed by atoms with van der Waals surface area (Å²) in [6.45, 7) is 0. The minimum Gasteiger partial charge on any atom is -0.145 e. The van der Waals surface area contributed by atoms with Crippen LogP contribution in [0.4, 0.5) is 0 Å². The van der Waals surface area contributed by atoms with Crippen molar-refractivity contribution < 1.29 is 0 Å². The van der Waals surface area contributed by atoms with Gasteiger partial charge in [0.1, 0.15) is 0 Å². The van der Waals surface area contributed by atoms with E-state index in [1.54, 1.807) is 0 Å². The number of fused-ring (bicyclic) bond motifs is 8. The van der Waals surface area contributed by atoms with Gasteiger partial charge in [0.15, 0.2) is 0 Å². The quantitative estimate of drug-likeness (QED) is 0.250. The minimum atomic E-state index is -0.154. The number of hydrogen-bond donors (Lipinski definition) is 0. The SMILES string of the molecule is C1=CC2SC3C=C(c4ccccc4)C=CC3C3(c4ccccc4Sc4ccccc43)C2C=C1c1ccccc1. The van der Waals surface area contributed by atoms with Crippen molar-refractivity contribution in [3.63, 3.8) is 0 Å². The fourth-order valence-electron chi connectivity index (χ4n) is 7.20. The molecule has 0 nitrogen and oxygen atoms in total.